The third kappa shape index (κ3) is 2.03. The summed E-state index contributed by atoms with van der Waals surface area (Å²) in [6, 6.07) is 6.30. The molecule has 0 bridgehead atoms. The van der Waals surface area contributed by atoms with Crippen molar-refractivity contribution in [1.82, 2.24) is 9.88 Å². The Morgan fingerprint density at radius 1 is 1.25 bits per heavy atom. The van der Waals surface area contributed by atoms with Crippen molar-refractivity contribution in [3.63, 3.8) is 0 Å². The molecule has 20 heavy (non-hydrogen) atoms. The second-order valence-electron chi connectivity index (χ2n) is 5.65. The van der Waals surface area contributed by atoms with E-state index in [2.05, 4.69) is 36.3 Å². The summed E-state index contributed by atoms with van der Waals surface area (Å²) in [6.07, 6.45) is 3.55. The summed E-state index contributed by atoms with van der Waals surface area (Å²) in [5, 5.41) is 1.30. The Labute approximate surface area is 119 Å². The maximum absolute atomic E-state index is 12.0. The Morgan fingerprint density at radius 3 is 2.75 bits per heavy atom. The molecular weight excluding hydrogens is 248 g/mol. The van der Waals surface area contributed by atoms with Gasteiger partial charge in [-0.2, -0.15) is 0 Å². The SMILES string of the molecule is CC1=C(C)N(CCc2c[nH]c3cccc(C)c23)C(=O)C1. The van der Waals surface area contributed by atoms with Crippen molar-refractivity contribution >= 4 is 16.8 Å². The third-order valence-corrected chi connectivity index (χ3v) is 4.34. The lowest BCUT2D eigenvalue weighted by molar-refractivity contribution is -0.127. The largest absolute Gasteiger partial charge is 0.361 e. The number of benzene rings is 1. The quantitative estimate of drug-likeness (QED) is 0.908. The second kappa shape index (κ2) is 4.82. The summed E-state index contributed by atoms with van der Waals surface area (Å²) in [7, 11) is 0. The average molecular weight is 268 g/mol. The van der Waals surface area contributed by atoms with E-state index in [0.29, 0.717) is 6.42 Å². The summed E-state index contributed by atoms with van der Waals surface area (Å²) in [4.78, 5) is 17.2. The van der Waals surface area contributed by atoms with Crippen LogP contribution < -0.4 is 0 Å². The molecule has 2 heterocycles. The Bertz CT molecular complexity index is 709. The van der Waals surface area contributed by atoms with E-state index in [-0.39, 0.29) is 5.91 Å². The Hall–Kier alpha value is -2.03. The Balaban J connectivity index is 1.83. The second-order valence-corrected chi connectivity index (χ2v) is 5.65. The van der Waals surface area contributed by atoms with Gasteiger partial charge in [0.25, 0.3) is 0 Å². The highest BCUT2D eigenvalue weighted by atomic mass is 16.2. The molecule has 3 rings (SSSR count). The molecule has 0 saturated heterocycles. The maximum atomic E-state index is 12.0. The number of aryl methyl sites for hydroxylation is 1. The van der Waals surface area contributed by atoms with Crippen LogP contribution in [-0.4, -0.2) is 22.3 Å². The highest BCUT2D eigenvalue weighted by molar-refractivity contribution is 5.87. The first-order chi connectivity index (χ1) is 9.58. The van der Waals surface area contributed by atoms with Crippen molar-refractivity contribution < 1.29 is 4.79 Å². The van der Waals surface area contributed by atoms with Crippen molar-refractivity contribution in [2.24, 2.45) is 0 Å². The number of amides is 1. The van der Waals surface area contributed by atoms with E-state index in [0.717, 1.165) is 18.7 Å². The number of nitrogens with one attached hydrogen (secondary N) is 1. The van der Waals surface area contributed by atoms with E-state index in [9.17, 15) is 4.79 Å². The minimum atomic E-state index is 0.233. The molecule has 3 nitrogen and oxygen atoms in total. The molecule has 1 aliphatic rings. The molecular formula is C17H20N2O. The van der Waals surface area contributed by atoms with Crippen LogP contribution in [0.25, 0.3) is 10.9 Å². The molecule has 1 aliphatic heterocycles. The molecule has 1 amide bonds. The molecule has 0 fully saturated rings. The first kappa shape index (κ1) is 13.0. The normalized spacial score (nSPS) is 15.8. The fraction of sp³-hybridized carbons (Fsp3) is 0.353. The van der Waals surface area contributed by atoms with E-state index in [1.807, 2.05) is 18.7 Å². The van der Waals surface area contributed by atoms with Gasteiger partial charge in [0.1, 0.15) is 0 Å². The van der Waals surface area contributed by atoms with Crippen LogP contribution in [0, 0.1) is 6.92 Å². The van der Waals surface area contributed by atoms with Gasteiger partial charge in [0.05, 0.1) is 0 Å². The predicted molar refractivity (Wildman–Crippen MR) is 81.4 cm³/mol. The highest BCUT2D eigenvalue weighted by Gasteiger charge is 2.24. The zero-order valence-corrected chi connectivity index (χ0v) is 12.3. The van der Waals surface area contributed by atoms with Gasteiger partial charge in [0.15, 0.2) is 0 Å². The number of hydrogen-bond donors (Lipinski definition) is 1. The van der Waals surface area contributed by atoms with E-state index in [1.54, 1.807) is 0 Å². The van der Waals surface area contributed by atoms with Gasteiger partial charge in [0.2, 0.25) is 5.91 Å². The van der Waals surface area contributed by atoms with Gasteiger partial charge in [0, 0.05) is 35.8 Å². The summed E-state index contributed by atoms with van der Waals surface area (Å²) < 4.78 is 0. The number of carbonyl (C=O) groups excluding carboxylic acids is 1. The zero-order chi connectivity index (χ0) is 14.3. The molecule has 0 saturated carbocycles. The van der Waals surface area contributed by atoms with E-state index in [4.69, 9.17) is 0 Å². The van der Waals surface area contributed by atoms with Crippen LogP contribution in [0.5, 0.6) is 0 Å². The number of hydrogen-bond acceptors (Lipinski definition) is 1. The first-order valence-electron chi connectivity index (χ1n) is 7.10. The fourth-order valence-electron chi connectivity index (χ4n) is 3.04. The van der Waals surface area contributed by atoms with Crippen LogP contribution in [0.2, 0.25) is 0 Å². The lowest BCUT2D eigenvalue weighted by atomic mass is 10.1. The third-order valence-electron chi connectivity index (χ3n) is 4.34. The summed E-state index contributed by atoms with van der Waals surface area (Å²) in [5.74, 6) is 0.233. The average Bonchev–Trinajstić information content (AvgIpc) is 2.92. The van der Waals surface area contributed by atoms with Crippen molar-refractivity contribution in [2.45, 2.75) is 33.6 Å². The topological polar surface area (TPSA) is 36.1 Å². The van der Waals surface area contributed by atoms with Gasteiger partial charge in [-0.1, -0.05) is 12.1 Å². The Kier molecular flexibility index (Phi) is 3.13. The van der Waals surface area contributed by atoms with Crippen molar-refractivity contribution in [1.29, 1.82) is 0 Å². The first-order valence-corrected chi connectivity index (χ1v) is 7.10. The zero-order valence-electron chi connectivity index (χ0n) is 12.3. The number of fused-ring (bicyclic) bond motifs is 1. The predicted octanol–water partition coefficient (Wildman–Crippen LogP) is 3.55. The molecule has 3 heteroatoms. The summed E-state index contributed by atoms with van der Waals surface area (Å²) >= 11 is 0. The van der Waals surface area contributed by atoms with Gasteiger partial charge in [-0.25, -0.2) is 0 Å². The lowest BCUT2D eigenvalue weighted by Crippen LogP contribution is -2.26. The van der Waals surface area contributed by atoms with Crippen molar-refractivity contribution in [3.8, 4) is 0 Å². The van der Waals surface area contributed by atoms with Crippen LogP contribution in [0.15, 0.2) is 35.7 Å². The number of H-pyrrole nitrogens is 1. The number of aromatic nitrogens is 1. The monoisotopic (exact) mass is 268 g/mol. The van der Waals surface area contributed by atoms with Crippen LogP contribution in [0.4, 0.5) is 0 Å². The molecule has 0 aliphatic carbocycles. The Morgan fingerprint density at radius 2 is 2.05 bits per heavy atom. The lowest BCUT2D eigenvalue weighted by Gasteiger charge is -2.18. The smallest absolute Gasteiger partial charge is 0.230 e. The minimum absolute atomic E-state index is 0.233. The number of rotatable bonds is 3. The maximum Gasteiger partial charge on any atom is 0.230 e. The van der Waals surface area contributed by atoms with Gasteiger partial charge in [-0.3, -0.25) is 4.79 Å². The fourth-order valence-corrected chi connectivity index (χ4v) is 3.04. The van der Waals surface area contributed by atoms with E-state index in [1.165, 1.54) is 27.6 Å². The molecule has 0 unspecified atom stereocenters. The summed E-state index contributed by atoms with van der Waals surface area (Å²) in [6.45, 7) is 6.99. The standard InChI is InChI=1S/C17H20N2O/c1-11-5-4-6-15-17(11)14(10-18-15)7-8-19-13(3)12(2)9-16(19)20/h4-6,10,18H,7-9H2,1-3H3. The van der Waals surface area contributed by atoms with Crippen LogP contribution in [0.3, 0.4) is 0 Å². The number of carbonyl (C=O) groups is 1. The van der Waals surface area contributed by atoms with E-state index >= 15 is 0 Å². The van der Waals surface area contributed by atoms with Crippen LogP contribution in [-0.2, 0) is 11.2 Å². The van der Waals surface area contributed by atoms with Gasteiger partial charge >= 0.3 is 0 Å². The van der Waals surface area contributed by atoms with Gasteiger partial charge in [-0.05, 0) is 50.0 Å². The van der Waals surface area contributed by atoms with E-state index < -0.39 is 0 Å². The number of allylic oxidation sites excluding steroid dienone is 1. The molecule has 0 atom stereocenters. The molecule has 1 N–H and O–H groups in total. The molecule has 104 valence electrons. The molecule has 1 aromatic carbocycles. The minimum Gasteiger partial charge on any atom is -0.361 e. The van der Waals surface area contributed by atoms with Gasteiger partial charge in [-0.15, -0.1) is 0 Å². The van der Waals surface area contributed by atoms with Crippen LogP contribution >= 0.6 is 0 Å². The van der Waals surface area contributed by atoms with Crippen molar-refractivity contribution in [2.75, 3.05) is 6.54 Å². The molecule has 0 radical (unpaired) electrons. The highest BCUT2D eigenvalue weighted by Crippen LogP contribution is 2.26. The van der Waals surface area contributed by atoms with Crippen LogP contribution in [0.1, 0.15) is 31.4 Å². The molecule has 0 spiro atoms. The summed E-state index contributed by atoms with van der Waals surface area (Å²) in [5.41, 5.74) is 6.09. The molecule has 1 aromatic heterocycles. The van der Waals surface area contributed by atoms with Gasteiger partial charge < -0.3 is 9.88 Å². The number of aromatic amines is 1. The number of nitrogens with zero attached hydrogens (tertiary/aromatic N) is 1. The molecule has 2 aromatic rings. The van der Waals surface area contributed by atoms with Crippen molar-refractivity contribution in [3.05, 3.63) is 46.8 Å².